The van der Waals surface area contributed by atoms with Crippen molar-refractivity contribution in [3.8, 4) is 5.75 Å². The number of carbonyl (C=O) groups is 1. The summed E-state index contributed by atoms with van der Waals surface area (Å²) in [5.74, 6) is -0.156. The van der Waals surface area contributed by atoms with Crippen LogP contribution in [0.4, 0.5) is 11.6 Å². The van der Waals surface area contributed by atoms with E-state index in [4.69, 9.17) is 39.3 Å². The van der Waals surface area contributed by atoms with Gasteiger partial charge in [0.2, 0.25) is 0 Å². The van der Waals surface area contributed by atoms with Crippen molar-refractivity contribution in [3.63, 3.8) is 0 Å². The quantitative estimate of drug-likeness (QED) is 0.183. The number of nitrogen functional groups attached to an aromatic ring is 2. The summed E-state index contributed by atoms with van der Waals surface area (Å²) in [7, 11) is 0. The molecule has 0 atom stereocenters. The molecule has 2 rings (SSSR count). The number of amides is 1. The summed E-state index contributed by atoms with van der Waals surface area (Å²) >= 11 is 5.75. The molecule has 1 aromatic carbocycles. The van der Waals surface area contributed by atoms with Gasteiger partial charge >= 0.3 is 0 Å². The molecule has 11 heteroatoms. The van der Waals surface area contributed by atoms with Crippen molar-refractivity contribution in [2.45, 2.75) is 19.3 Å². The highest BCUT2D eigenvalue weighted by Gasteiger charge is 2.16. The second-order valence-electron chi connectivity index (χ2n) is 5.77. The van der Waals surface area contributed by atoms with Crippen molar-refractivity contribution in [3.05, 3.63) is 40.7 Å². The normalized spacial score (nSPS) is 11.3. The first-order valence-electron chi connectivity index (χ1n) is 8.52. The van der Waals surface area contributed by atoms with Gasteiger partial charge in [0.1, 0.15) is 12.5 Å². The number of nitrogens with zero attached hydrogens (tertiary/aromatic N) is 3. The fourth-order valence-electron chi connectivity index (χ4n) is 2.31. The number of halogens is 1. The highest BCUT2D eigenvalue weighted by molar-refractivity contribution is 6.31. The molecular formula is C17H23ClN8O2. The number of aryl methyl sites for hydroxylation is 1. The Morgan fingerprint density at radius 3 is 2.54 bits per heavy atom. The molecule has 0 saturated heterocycles. The van der Waals surface area contributed by atoms with E-state index in [-0.39, 0.29) is 35.2 Å². The predicted molar refractivity (Wildman–Crippen MR) is 109 cm³/mol. The largest absolute Gasteiger partial charge is 0.479 e. The zero-order chi connectivity index (χ0) is 20.5. The average Bonchev–Trinajstić information content (AvgIpc) is 2.66. The number of anilines is 2. The highest BCUT2D eigenvalue weighted by atomic mass is 35.5. The summed E-state index contributed by atoms with van der Waals surface area (Å²) in [6, 6.07) is 7.75. The Morgan fingerprint density at radius 2 is 1.86 bits per heavy atom. The molecule has 0 saturated carbocycles. The fourth-order valence-corrected chi connectivity index (χ4v) is 2.44. The van der Waals surface area contributed by atoms with Gasteiger partial charge in [-0.1, -0.05) is 23.7 Å². The zero-order valence-electron chi connectivity index (χ0n) is 15.2. The van der Waals surface area contributed by atoms with Crippen molar-refractivity contribution in [2.75, 3.05) is 24.7 Å². The molecule has 0 aliphatic carbocycles. The van der Waals surface area contributed by atoms with Crippen molar-refractivity contribution in [2.24, 2.45) is 16.5 Å². The molecule has 0 bridgehead atoms. The average molecular weight is 407 g/mol. The molecule has 0 radical (unpaired) electrons. The number of hydrogen-bond acceptors (Lipinski definition) is 8. The molecule has 10 nitrogen and oxygen atoms in total. The zero-order valence-corrected chi connectivity index (χ0v) is 15.9. The summed E-state index contributed by atoms with van der Waals surface area (Å²) in [5, 5.41) is 2.28. The van der Waals surface area contributed by atoms with Crippen LogP contribution < -0.4 is 33.0 Å². The summed E-state index contributed by atoms with van der Waals surface area (Å²) in [6.45, 7) is 0.615. The molecule has 1 aromatic heterocycles. The van der Waals surface area contributed by atoms with Crippen LogP contribution in [0.5, 0.6) is 5.75 Å². The smallest absolute Gasteiger partial charge is 0.280 e. The molecule has 1 amide bonds. The number of nitrogens with two attached hydrogens (primary N) is 4. The van der Waals surface area contributed by atoms with Crippen molar-refractivity contribution in [1.29, 1.82) is 0 Å². The third-order valence-electron chi connectivity index (χ3n) is 3.69. The molecule has 0 unspecified atom stereocenters. The monoisotopic (exact) mass is 406 g/mol. The van der Waals surface area contributed by atoms with Gasteiger partial charge in [-0.25, -0.2) is 9.97 Å². The minimum absolute atomic E-state index is 0.0394. The standard InChI is InChI=1S/C17H23ClN8O2/c18-13-15(21)25-14(20)12(24-13)16(27)26-17(22)23-8-2-1-3-10-4-6-11(7-5-10)28-9-19/h4-7H,1-3,8-9,19H2,(H4,20,21,25)(H3,22,23,26,27). The van der Waals surface area contributed by atoms with Crippen molar-refractivity contribution in [1.82, 2.24) is 15.3 Å². The molecule has 1 heterocycles. The van der Waals surface area contributed by atoms with E-state index in [1.54, 1.807) is 0 Å². The SMILES string of the molecule is NCOc1ccc(CCCCN=C(N)NC(=O)c2nc(Cl)c(N)nc2N)cc1. The Morgan fingerprint density at radius 1 is 1.14 bits per heavy atom. The lowest BCUT2D eigenvalue weighted by Gasteiger charge is -2.07. The van der Waals surface area contributed by atoms with E-state index in [2.05, 4.69) is 20.3 Å². The molecule has 28 heavy (non-hydrogen) atoms. The third-order valence-corrected chi connectivity index (χ3v) is 3.97. The van der Waals surface area contributed by atoms with Gasteiger partial charge in [0.15, 0.2) is 28.4 Å². The van der Waals surface area contributed by atoms with Gasteiger partial charge in [-0.15, -0.1) is 0 Å². The van der Waals surface area contributed by atoms with E-state index < -0.39 is 5.91 Å². The molecule has 0 aliphatic rings. The molecule has 0 fully saturated rings. The van der Waals surface area contributed by atoms with Crippen LogP contribution in [0.3, 0.4) is 0 Å². The van der Waals surface area contributed by atoms with E-state index >= 15 is 0 Å². The number of benzene rings is 1. The van der Waals surface area contributed by atoms with Crippen molar-refractivity contribution >= 4 is 35.1 Å². The minimum Gasteiger partial charge on any atom is -0.479 e. The Bertz CT molecular complexity index is 842. The van der Waals surface area contributed by atoms with Crippen LogP contribution in [0.2, 0.25) is 5.15 Å². The fraction of sp³-hybridized carbons (Fsp3) is 0.294. The lowest BCUT2D eigenvalue weighted by atomic mass is 10.1. The number of aromatic nitrogens is 2. The molecule has 0 aliphatic heterocycles. The van der Waals surface area contributed by atoms with Gasteiger partial charge in [-0.05, 0) is 37.0 Å². The maximum Gasteiger partial charge on any atom is 0.280 e. The van der Waals surface area contributed by atoms with Crippen LogP contribution in [-0.4, -0.2) is 35.1 Å². The first-order valence-corrected chi connectivity index (χ1v) is 8.90. The van der Waals surface area contributed by atoms with Gasteiger partial charge in [-0.2, -0.15) is 0 Å². The maximum atomic E-state index is 12.1. The highest BCUT2D eigenvalue weighted by Crippen LogP contribution is 2.17. The van der Waals surface area contributed by atoms with E-state index in [9.17, 15) is 4.79 Å². The number of unbranched alkanes of at least 4 members (excludes halogenated alkanes) is 1. The number of ether oxygens (including phenoxy) is 1. The first-order chi connectivity index (χ1) is 13.4. The lowest BCUT2D eigenvalue weighted by Crippen LogP contribution is -2.38. The summed E-state index contributed by atoms with van der Waals surface area (Å²) in [6.07, 6.45) is 2.60. The van der Waals surface area contributed by atoms with Crippen LogP contribution in [-0.2, 0) is 6.42 Å². The number of rotatable bonds is 8. The van der Waals surface area contributed by atoms with Crippen LogP contribution in [0.25, 0.3) is 0 Å². The van der Waals surface area contributed by atoms with E-state index in [1.165, 1.54) is 5.56 Å². The second kappa shape index (κ2) is 10.3. The molecule has 9 N–H and O–H groups in total. The van der Waals surface area contributed by atoms with E-state index in [0.717, 1.165) is 25.0 Å². The second-order valence-corrected chi connectivity index (χ2v) is 6.12. The number of hydrogen-bond donors (Lipinski definition) is 5. The van der Waals surface area contributed by atoms with Gasteiger partial charge in [0.25, 0.3) is 5.91 Å². The molecular weight excluding hydrogens is 384 g/mol. The summed E-state index contributed by atoms with van der Waals surface area (Å²) < 4.78 is 5.20. The Balaban J connectivity index is 1.76. The minimum atomic E-state index is -0.659. The van der Waals surface area contributed by atoms with Crippen LogP contribution in [0, 0.1) is 0 Å². The lowest BCUT2D eigenvalue weighted by molar-refractivity contribution is 0.0972. The van der Waals surface area contributed by atoms with Gasteiger partial charge in [-0.3, -0.25) is 20.8 Å². The van der Waals surface area contributed by atoms with Gasteiger partial charge in [0, 0.05) is 6.54 Å². The van der Waals surface area contributed by atoms with Crippen molar-refractivity contribution < 1.29 is 9.53 Å². The Kier molecular flexibility index (Phi) is 7.78. The Hall–Kier alpha value is -3.11. The number of nitrogens with one attached hydrogen (secondary N) is 1. The van der Waals surface area contributed by atoms with Crippen LogP contribution in [0.1, 0.15) is 28.9 Å². The summed E-state index contributed by atoms with van der Waals surface area (Å²) in [4.78, 5) is 23.8. The number of aliphatic imine (C=N–C) groups is 1. The van der Waals surface area contributed by atoms with E-state index in [0.29, 0.717) is 6.54 Å². The Labute approximate surface area is 167 Å². The van der Waals surface area contributed by atoms with Gasteiger partial charge < -0.3 is 21.9 Å². The number of guanidine groups is 1. The third kappa shape index (κ3) is 6.25. The summed E-state index contributed by atoms with van der Waals surface area (Å²) in [5.41, 5.74) is 23.1. The maximum absolute atomic E-state index is 12.1. The number of carbonyl (C=O) groups excluding carboxylic acids is 1. The first kappa shape index (κ1) is 21.2. The molecule has 0 spiro atoms. The molecule has 2 aromatic rings. The molecule has 150 valence electrons. The predicted octanol–water partition coefficient (Wildman–Crippen LogP) is 0.657. The van der Waals surface area contributed by atoms with Crippen LogP contribution >= 0.6 is 11.6 Å². The topological polar surface area (TPSA) is 181 Å². The van der Waals surface area contributed by atoms with E-state index in [1.807, 2.05) is 24.3 Å². The van der Waals surface area contributed by atoms with Gasteiger partial charge in [0.05, 0.1) is 0 Å². The van der Waals surface area contributed by atoms with Crippen LogP contribution in [0.15, 0.2) is 29.3 Å².